The van der Waals surface area contributed by atoms with Gasteiger partial charge < -0.3 is 19.3 Å². The Morgan fingerprint density at radius 2 is 2.00 bits per heavy atom. The SMILES string of the molecule is COc1nc(C)nc(N2CCCC(O)(Cc3nc(C)no3)C2)c1C. The topological polar surface area (TPSA) is 97.4 Å². The van der Waals surface area contributed by atoms with E-state index in [-0.39, 0.29) is 0 Å². The Bertz CT molecular complexity index is 732. The van der Waals surface area contributed by atoms with Crippen LogP contribution in [-0.2, 0) is 6.42 Å². The fraction of sp³-hybridized carbons (Fsp3) is 0.625. The molecule has 0 spiro atoms. The summed E-state index contributed by atoms with van der Waals surface area (Å²) < 4.78 is 10.5. The van der Waals surface area contributed by atoms with Crippen molar-refractivity contribution >= 4 is 5.82 Å². The second kappa shape index (κ2) is 6.35. The van der Waals surface area contributed by atoms with E-state index in [9.17, 15) is 5.11 Å². The summed E-state index contributed by atoms with van der Waals surface area (Å²) in [4.78, 5) is 15.1. The van der Waals surface area contributed by atoms with Crippen LogP contribution in [0.2, 0.25) is 0 Å². The van der Waals surface area contributed by atoms with E-state index >= 15 is 0 Å². The highest BCUT2D eigenvalue weighted by atomic mass is 16.5. The highest BCUT2D eigenvalue weighted by Crippen LogP contribution is 2.31. The minimum absolute atomic E-state index is 0.338. The van der Waals surface area contributed by atoms with Gasteiger partial charge in [-0.15, -0.1) is 0 Å². The van der Waals surface area contributed by atoms with Crippen LogP contribution in [-0.4, -0.2) is 51.0 Å². The Balaban J connectivity index is 1.84. The molecule has 130 valence electrons. The minimum Gasteiger partial charge on any atom is -0.481 e. The molecular formula is C16H23N5O3. The molecule has 1 atom stereocenters. The molecule has 1 aliphatic rings. The highest BCUT2D eigenvalue weighted by molar-refractivity contribution is 5.51. The molecule has 1 unspecified atom stereocenters. The van der Waals surface area contributed by atoms with E-state index in [0.29, 0.717) is 42.8 Å². The molecule has 1 N–H and O–H groups in total. The number of ether oxygens (including phenoxy) is 1. The number of aromatic nitrogens is 4. The maximum absolute atomic E-state index is 11.0. The Labute approximate surface area is 140 Å². The molecule has 2 aromatic heterocycles. The third-order valence-electron chi connectivity index (χ3n) is 4.29. The molecule has 2 aromatic rings. The van der Waals surface area contributed by atoms with Crippen LogP contribution in [0.4, 0.5) is 5.82 Å². The van der Waals surface area contributed by atoms with Crippen molar-refractivity contribution in [2.24, 2.45) is 0 Å². The Morgan fingerprint density at radius 3 is 2.67 bits per heavy atom. The summed E-state index contributed by atoms with van der Waals surface area (Å²) in [5.74, 6) is 3.06. The first-order valence-corrected chi connectivity index (χ1v) is 8.06. The number of piperidine rings is 1. The van der Waals surface area contributed by atoms with Gasteiger partial charge in [-0.3, -0.25) is 0 Å². The normalized spacial score (nSPS) is 21.1. The molecule has 8 nitrogen and oxygen atoms in total. The number of aliphatic hydroxyl groups is 1. The van der Waals surface area contributed by atoms with Crippen LogP contribution in [0, 0.1) is 20.8 Å². The number of aryl methyl sites for hydroxylation is 2. The number of β-amino-alcohol motifs (C(OH)–C–C–N with tert-alkyl or cyclic N) is 1. The fourth-order valence-corrected chi connectivity index (χ4v) is 3.23. The minimum atomic E-state index is -0.921. The molecule has 1 fully saturated rings. The monoisotopic (exact) mass is 333 g/mol. The molecule has 3 heterocycles. The van der Waals surface area contributed by atoms with Gasteiger partial charge in [0.25, 0.3) is 0 Å². The zero-order valence-corrected chi connectivity index (χ0v) is 14.5. The molecule has 24 heavy (non-hydrogen) atoms. The summed E-state index contributed by atoms with van der Waals surface area (Å²) in [5.41, 5.74) is -0.0450. The maximum Gasteiger partial charge on any atom is 0.229 e. The van der Waals surface area contributed by atoms with Gasteiger partial charge in [0, 0.05) is 13.1 Å². The van der Waals surface area contributed by atoms with Crippen LogP contribution in [0.3, 0.4) is 0 Å². The second-order valence-corrected chi connectivity index (χ2v) is 6.39. The number of hydrogen-bond acceptors (Lipinski definition) is 8. The van der Waals surface area contributed by atoms with Crippen molar-refractivity contribution in [2.75, 3.05) is 25.1 Å². The zero-order valence-electron chi connectivity index (χ0n) is 14.5. The number of rotatable bonds is 4. The van der Waals surface area contributed by atoms with Crippen molar-refractivity contribution in [3.63, 3.8) is 0 Å². The average molecular weight is 333 g/mol. The second-order valence-electron chi connectivity index (χ2n) is 6.39. The lowest BCUT2D eigenvalue weighted by Crippen LogP contribution is -2.50. The number of hydrogen-bond donors (Lipinski definition) is 1. The molecule has 1 aliphatic heterocycles. The van der Waals surface area contributed by atoms with Gasteiger partial charge in [0.1, 0.15) is 11.6 Å². The summed E-state index contributed by atoms with van der Waals surface area (Å²) >= 11 is 0. The average Bonchev–Trinajstić information content (AvgIpc) is 2.93. The zero-order chi connectivity index (χ0) is 17.3. The van der Waals surface area contributed by atoms with E-state index in [1.54, 1.807) is 14.0 Å². The lowest BCUT2D eigenvalue weighted by molar-refractivity contribution is 0.0191. The van der Waals surface area contributed by atoms with Crippen LogP contribution in [0.1, 0.15) is 35.9 Å². The molecule has 0 aliphatic carbocycles. The summed E-state index contributed by atoms with van der Waals surface area (Å²) in [6.07, 6.45) is 1.88. The van der Waals surface area contributed by atoms with E-state index < -0.39 is 5.60 Å². The Morgan fingerprint density at radius 1 is 1.21 bits per heavy atom. The van der Waals surface area contributed by atoms with Crippen molar-refractivity contribution in [3.05, 3.63) is 23.1 Å². The van der Waals surface area contributed by atoms with Crippen molar-refractivity contribution in [2.45, 2.75) is 45.6 Å². The standard InChI is InChI=1S/C16H23N5O3/c1-10-14(18-11(2)19-15(10)23-4)21-7-5-6-16(22,9-21)8-13-17-12(3)20-24-13/h22H,5-9H2,1-4H3. The molecule has 0 amide bonds. The molecule has 0 saturated carbocycles. The van der Waals surface area contributed by atoms with Gasteiger partial charge in [-0.05, 0) is 33.6 Å². The van der Waals surface area contributed by atoms with Gasteiger partial charge >= 0.3 is 0 Å². The van der Waals surface area contributed by atoms with Crippen LogP contribution in [0.15, 0.2) is 4.52 Å². The van der Waals surface area contributed by atoms with Gasteiger partial charge in [-0.1, -0.05) is 5.16 Å². The molecule has 8 heteroatoms. The largest absolute Gasteiger partial charge is 0.481 e. The first kappa shape index (κ1) is 16.6. The van der Waals surface area contributed by atoms with Crippen LogP contribution < -0.4 is 9.64 Å². The molecule has 0 bridgehead atoms. The Kier molecular flexibility index (Phi) is 4.40. The van der Waals surface area contributed by atoms with Crippen molar-refractivity contribution < 1.29 is 14.4 Å². The lowest BCUT2D eigenvalue weighted by atomic mass is 9.89. The van der Waals surface area contributed by atoms with E-state index in [0.717, 1.165) is 24.3 Å². The van der Waals surface area contributed by atoms with E-state index in [1.165, 1.54) is 0 Å². The smallest absolute Gasteiger partial charge is 0.229 e. The number of methoxy groups -OCH3 is 1. The van der Waals surface area contributed by atoms with Gasteiger partial charge in [0.05, 0.1) is 24.7 Å². The van der Waals surface area contributed by atoms with Gasteiger partial charge in [-0.2, -0.15) is 9.97 Å². The maximum atomic E-state index is 11.0. The highest BCUT2D eigenvalue weighted by Gasteiger charge is 2.36. The van der Waals surface area contributed by atoms with Gasteiger partial charge in [0.2, 0.25) is 11.8 Å². The van der Waals surface area contributed by atoms with Gasteiger partial charge in [-0.25, -0.2) is 4.98 Å². The first-order chi connectivity index (χ1) is 11.4. The molecule has 1 saturated heterocycles. The number of anilines is 1. The first-order valence-electron chi connectivity index (χ1n) is 8.06. The Hall–Kier alpha value is -2.22. The molecule has 0 aromatic carbocycles. The van der Waals surface area contributed by atoms with E-state index in [4.69, 9.17) is 9.26 Å². The summed E-state index contributed by atoms with van der Waals surface area (Å²) in [6.45, 7) is 6.81. The van der Waals surface area contributed by atoms with Crippen molar-refractivity contribution in [3.8, 4) is 5.88 Å². The summed E-state index contributed by atoms with van der Waals surface area (Å²) in [5, 5.41) is 14.8. The molecule has 0 radical (unpaired) electrons. The number of nitrogens with zero attached hydrogens (tertiary/aromatic N) is 5. The third kappa shape index (κ3) is 3.33. The van der Waals surface area contributed by atoms with Crippen LogP contribution >= 0.6 is 0 Å². The van der Waals surface area contributed by atoms with E-state index in [2.05, 4.69) is 25.0 Å². The molecular weight excluding hydrogens is 310 g/mol. The van der Waals surface area contributed by atoms with E-state index in [1.807, 2.05) is 13.8 Å². The fourth-order valence-electron chi connectivity index (χ4n) is 3.23. The quantitative estimate of drug-likeness (QED) is 0.896. The summed E-state index contributed by atoms with van der Waals surface area (Å²) in [6, 6.07) is 0. The third-order valence-corrected chi connectivity index (χ3v) is 4.29. The predicted molar refractivity (Wildman–Crippen MR) is 87.2 cm³/mol. The summed E-state index contributed by atoms with van der Waals surface area (Å²) in [7, 11) is 1.60. The van der Waals surface area contributed by atoms with Gasteiger partial charge in [0.15, 0.2) is 5.82 Å². The molecule has 3 rings (SSSR count). The van der Waals surface area contributed by atoms with Crippen molar-refractivity contribution in [1.29, 1.82) is 0 Å². The van der Waals surface area contributed by atoms with Crippen LogP contribution in [0.5, 0.6) is 5.88 Å². The van der Waals surface area contributed by atoms with Crippen LogP contribution in [0.25, 0.3) is 0 Å². The van der Waals surface area contributed by atoms with Crippen molar-refractivity contribution in [1.82, 2.24) is 20.1 Å². The lowest BCUT2D eigenvalue weighted by Gasteiger charge is -2.39. The predicted octanol–water partition coefficient (Wildman–Crippen LogP) is 1.37.